The topological polar surface area (TPSA) is 76.2 Å². The van der Waals surface area contributed by atoms with E-state index in [2.05, 4.69) is 10.4 Å². The Bertz CT molecular complexity index is 342. The third-order valence-corrected chi connectivity index (χ3v) is 2.43. The largest absolute Gasteiger partial charge is 0.382 e. The summed E-state index contributed by atoms with van der Waals surface area (Å²) in [5, 5.41) is 7.18. The highest BCUT2D eigenvalue weighted by atomic mass is 16.2. The summed E-state index contributed by atoms with van der Waals surface area (Å²) in [6, 6.07) is 1.69. The number of piperazine rings is 1. The van der Waals surface area contributed by atoms with Gasteiger partial charge in [-0.2, -0.15) is 5.10 Å². The molecule has 0 saturated carbocycles. The van der Waals surface area contributed by atoms with Gasteiger partial charge in [0.1, 0.15) is 12.4 Å². The number of hydrogen-bond donors (Lipinski definition) is 2. The SMILES string of the molecule is Nc1ccn(CC(=O)N2CCNCC2)n1. The Morgan fingerprint density at radius 2 is 2.27 bits per heavy atom. The van der Waals surface area contributed by atoms with Crippen molar-refractivity contribution in [3.63, 3.8) is 0 Å². The molecular weight excluding hydrogens is 194 g/mol. The van der Waals surface area contributed by atoms with Crippen molar-refractivity contribution in [3.8, 4) is 0 Å². The summed E-state index contributed by atoms with van der Waals surface area (Å²) in [7, 11) is 0. The van der Waals surface area contributed by atoms with Gasteiger partial charge < -0.3 is 16.0 Å². The summed E-state index contributed by atoms with van der Waals surface area (Å²) >= 11 is 0. The first-order valence-corrected chi connectivity index (χ1v) is 5.03. The Hall–Kier alpha value is -1.56. The minimum Gasteiger partial charge on any atom is -0.382 e. The number of hydrogen-bond acceptors (Lipinski definition) is 4. The number of amides is 1. The molecule has 1 fully saturated rings. The Balaban J connectivity index is 1.91. The van der Waals surface area contributed by atoms with Gasteiger partial charge in [0.25, 0.3) is 0 Å². The molecule has 0 radical (unpaired) electrons. The van der Waals surface area contributed by atoms with E-state index in [1.54, 1.807) is 16.9 Å². The minimum atomic E-state index is 0.0969. The normalized spacial score (nSPS) is 16.7. The second kappa shape index (κ2) is 4.31. The van der Waals surface area contributed by atoms with Crippen LogP contribution in [-0.2, 0) is 11.3 Å². The predicted octanol–water partition coefficient (Wildman–Crippen LogP) is -1.10. The van der Waals surface area contributed by atoms with Crippen molar-refractivity contribution in [1.82, 2.24) is 20.0 Å². The van der Waals surface area contributed by atoms with Crippen LogP contribution in [0.3, 0.4) is 0 Å². The number of nitrogens with zero attached hydrogens (tertiary/aromatic N) is 3. The van der Waals surface area contributed by atoms with Gasteiger partial charge in [0, 0.05) is 32.4 Å². The quantitative estimate of drug-likeness (QED) is 0.648. The molecule has 2 heterocycles. The summed E-state index contributed by atoms with van der Waals surface area (Å²) in [5.41, 5.74) is 5.47. The van der Waals surface area contributed by atoms with Gasteiger partial charge in [-0.05, 0) is 6.07 Å². The molecule has 0 unspecified atom stereocenters. The van der Waals surface area contributed by atoms with Gasteiger partial charge in [-0.15, -0.1) is 0 Å². The van der Waals surface area contributed by atoms with E-state index in [-0.39, 0.29) is 12.5 Å². The van der Waals surface area contributed by atoms with Gasteiger partial charge in [-0.3, -0.25) is 9.48 Å². The molecule has 0 atom stereocenters. The van der Waals surface area contributed by atoms with E-state index in [1.165, 1.54) is 0 Å². The van der Waals surface area contributed by atoms with Gasteiger partial charge in [-0.25, -0.2) is 0 Å². The van der Waals surface area contributed by atoms with E-state index >= 15 is 0 Å². The fourth-order valence-corrected chi connectivity index (χ4v) is 1.62. The molecule has 1 aromatic rings. The van der Waals surface area contributed by atoms with Crippen LogP contribution in [0.1, 0.15) is 0 Å². The zero-order valence-corrected chi connectivity index (χ0v) is 8.52. The number of rotatable bonds is 2. The van der Waals surface area contributed by atoms with Gasteiger partial charge >= 0.3 is 0 Å². The van der Waals surface area contributed by atoms with Crippen LogP contribution in [0.4, 0.5) is 5.82 Å². The first-order chi connectivity index (χ1) is 7.25. The van der Waals surface area contributed by atoms with Gasteiger partial charge in [-0.1, -0.05) is 0 Å². The zero-order chi connectivity index (χ0) is 10.7. The first kappa shape index (κ1) is 9.97. The van der Waals surface area contributed by atoms with Crippen LogP contribution < -0.4 is 11.1 Å². The Morgan fingerprint density at radius 1 is 1.53 bits per heavy atom. The number of carbonyl (C=O) groups excluding carboxylic acids is 1. The lowest BCUT2D eigenvalue weighted by Crippen LogP contribution is -2.47. The van der Waals surface area contributed by atoms with Crippen molar-refractivity contribution in [3.05, 3.63) is 12.3 Å². The number of nitrogens with one attached hydrogen (secondary N) is 1. The molecule has 6 nitrogen and oxygen atoms in total. The summed E-state index contributed by atoms with van der Waals surface area (Å²) in [6.07, 6.45) is 1.72. The van der Waals surface area contributed by atoms with Crippen LogP contribution in [0.25, 0.3) is 0 Å². The zero-order valence-electron chi connectivity index (χ0n) is 8.52. The molecule has 1 aliphatic rings. The molecule has 0 spiro atoms. The minimum absolute atomic E-state index is 0.0969. The Kier molecular flexibility index (Phi) is 2.86. The lowest BCUT2D eigenvalue weighted by Gasteiger charge is -2.27. The standard InChI is InChI=1S/C9H15N5O/c10-8-1-4-14(12-8)7-9(15)13-5-2-11-3-6-13/h1,4,11H,2-3,5-7H2,(H2,10,12). The highest BCUT2D eigenvalue weighted by Crippen LogP contribution is 1.99. The molecule has 1 aliphatic heterocycles. The maximum atomic E-state index is 11.8. The number of nitrogens with two attached hydrogens (primary N) is 1. The van der Waals surface area contributed by atoms with Crippen molar-refractivity contribution >= 4 is 11.7 Å². The molecule has 82 valence electrons. The van der Waals surface area contributed by atoms with Crippen LogP contribution in [-0.4, -0.2) is 46.8 Å². The van der Waals surface area contributed by atoms with E-state index in [0.29, 0.717) is 5.82 Å². The number of carbonyl (C=O) groups is 1. The summed E-state index contributed by atoms with van der Waals surface area (Å²) in [6.45, 7) is 3.56. The van der Waals surface area contributed by atoms with E-state index < -0.39 is 0 Å². The fraction of sp³-hybridized carbons (Fsp3) is 0.556. The van der Waals surface area contributed by atoms with Gasteiger partial charge in [0.15, 0.2) is 0 Å². The molecule has 0 aromatic carbocycles. The molecule has 0 aliphatic carbocycles. The first-order valence-electron chi connectivity index (χ1n) is 5.03. The van der Waals surface area contributed by atoms with E-state index in [1.807, 2.05) is 4.90 Å². The molecule has 6 heteroatoms. The summed E-state index contributed by atoms with van der Waals surface area (Å²) in [4.78, 5) is 13.6. The van der Waals surface area contributed by atoms with Crippen molar-refractivity contribution in [1.29, 1.82) is 0 Å². The molecule has 1 amide bonds. The smallest absolute Gasteiger partial charge is 0.244 e. The van der Waals surface area contributed by atoms with Crippen molar-refractivity contribution < 1.29 is 4.79 Å². The van der Waals surface area contributed by atoms with Crippen LogP contribution in [0, 0.1) is 0 Å². The third kappa shape index (κ3) is 2.47. The van der Waals surface area contributed by atoms with E-state index in [9.17, 15) is 4.79 Å². The maximum absolute atomic E-state index is 11.8. The van der Waals surface area contributed by atoms with Crippen LogP contribution >= 0.6 is 0 Å². The predicted molar refractivity (Wildman–Crippen MR) is 56.1 cm³/mol. The lowest BCUT2D eigenvalue weighted by atomic mass is 10.3. The highest BCUT2D eigenvalue weighted by molar-refractivity contribution is 5.76. The van der Waals surface area contributed by atoms with E-state index in [4.69, 9.17) is 5.73 Å². The van der Waals surface area contributed by atoms with Crippen molar-refractivity contribution in [2.24, 2.45) is 0 Å². The fourth-order valence-electron chi connectivity index (χ4n) is 1.62. The Labute approximate surface area is 88.0 Å². The summed E-state index contributed by atoms with van der Waals surface area (Å²) in [5.74, 6) is 0.544. The average Bonchev–Trinajstić information content (AvgIpc) is 2.65. The molecule has 15 heavy (non-hydrogen) atoms. The molecule has 3 N–H and O–H groups in total. The van der Waals surface area contributed by atoms with Crippen LogP contribution in [0.15, 0.2) is 12.3 Å². The van der Waals surface area contributed by atoms with E-state index in [0.717, 1.165) is 26.2 Å². The van der Waals surface area contributed by atoms with Gasteiger partial charge in [0.05, 0.1) is 0 Å². The monoisotopic (exact) mass is 209 g/mol. The highest BCUT2D eigenvalue weighted by Gasteiger charge is 2.16. The molecule has 1 saturated heterocycles. The van der Waals surface area contributed by atoms with Crippen molar-refractivity contribution in [2.75, 3.05) is 31.9 Å². The number of aromatic nitrogens is 2. The average molecular weight is 209 g/mol. The summed E-state index contributed by atoms with van der Waals surface area (Å²) < 4.78 is 1.57. The van der Waals surface area contributed by atoms with Crippen LogP contribution in [0.5, 0.6) is 0 Å². The maximum Gasteiger partial charge on any atom is 0.244 e. The molecule has 1 aromatic heterocycles. The van der Waals surface area contributed by atoms with Crippen LogP contribution in [0.2, 0.25) is 0 Å². The Morgan fingerprint density at radius 3 is 2.87 bits per heavy atom. The third-order valence-electron chi connectivity index (χ3n) is 2.43. The second-order valence-electron chi connectivity index (χ2n) is 3.57. The molecule has 0 bridgehead atoms. The number of nitrogen functional groups attached to an aromatic ring is 1. The molecular formula is C9H15N5O. The molecule has 2 rings (SSSR count). The lowest BCUT2D eigenvalue weighted by molar-refractivity contribution is -0.132. The second-order valence-corrected chi connectivity index (χ2v) is 3.57. The number of anilines is 1. The van der Waals surface area contributed by atoms with Gasteiger partial charge in [0.2, 0.25) is 5.91 Å². The van der Waals surface area contributed by atoms with Crippen molar-refractivity contribution in [2.45, 2.75) is 6.54 Å².